The standard InChI is InChI=1S/C21H25N3O2/c1-23-8-10-24(11-9-23)15-16-3-2-4-19(13-16)22-21(25)18-5-6-20-17(14-18)7-12-26-20/h2-6,13-14H,7-12,15H2,1H3,(H,22,25). The molecule has 2 aromatic rings. The van der Waals surface area contributed by atoms with Gasteiger partial charge in [0.15, 0.2) is 0 Å². The monoisotopic (exact) mass is 351 g/mol. The normalized spacial score (nSPS) is 17.6. The van der Waals surface area contributed by atoms with Crippen LogP contribution in [0.5, 0.6) is 5.75 Å². The molecule has 1 saturated heterocycles. The van der Waals surface area contributed by atoms with E-state index in [1.54, 1.807) is 0 Å². The molecule has 1 fully saturated rings. The van der Waals surface area contributed by atoms with E-state index >= 15 is 0 Å². The maximum absolute atomic E-state index is 12.6. The first-order valence-electron chi connectivity index (χ1n) is 9.24. The van der Waals surface area contributed by atoms with E-state index < -0.39 is 0 Å². The van der Waals surface area contributed by atoms with Crippen molar-refractivity contribution < 1.29 is 9.53 Å². The number of nitrogens with one attached hydrogen (secondary N) is 1. The van der Waals surface area contributed by atoms with Crippen LogP contribution in [0.3, 0.4) is 0 Å². The van der Waals surface area contributed by atoms with Gasteiger partial charge in [-0.1, -0.05) is 12.1 Å². The van der Waals surface area contributed by atoms with Crippen LogP contribution in [0.25, 0.3) is 0 Å². The van der Waals surface area contributed by atoms with Gasteiger partial charge < -0.3 is 15.0 Å². The lowest BCUT2D eigenvalue weighted by molar-refractivity contribution is 0.102. The number of carbonyl (C=O) groups excluding carboxylic acids is 1. The Morgan fingerprint density at radius 3 is 2.81 bits per heavy atom. The van der Waals surface area contributed by atoms with Crippen LogP contribution in [0.1, 0.15) is 21.5 Å². The maximum atomic E-state index is 12.6. The summed E-state index contributed by atoms with van der Waals surface area (Å²) in [5.41, 5.74) is 3.87. The number of carbonyl (C=O) groups is 1. The lowest BCUT2D eigenvalue weighted by Crippen LogP contribution is -2.43. The van der Waals surface area contributed by atoms with Crippen LogP contribution >= 0.6 is 0 Å². The Morgan fingerprint density at radius 1 is 1.12 bits per heavy atom. The number of benzene rings is 2. The number of amides is 1. The Hall–Kier alpha value is -2.37. The highest BCUT2D eigenvalue weighted by Crippen LogP contribution is 2.26. The number of nitrogens with zero attached hydrogens (tertiary/aromatic N) is 2. The number of hydrogen-bond donors (Lipinski definition) is 1. The van der Waals surface area contributed by atoms with Crippen LogP contribution in [-0.2, 0) is 13.0 Å². The second-order valence-electron chi connectivity index (χ2n) is 7.15. The van der Waals surface area contributed by atoms with Crippen molar-refractivity contribution in [3.63, 3.8) is 0 Å². The minimum absolute atomic E-state index is 0.0727. The molecule has 2 aliphatic heterocycles. The molecule has 4 rings (SSSR count). The Balaban J connectivity index is 1.41. The third-order valence-electron chi connectivity index (χ3n) is 5.14. The van der Waals surface area contributed by atoms with E-state index in [1.165, 1.54) is 5.56 Å². The first kappa shape index (κ1) is 17.1. The van der Waals surface area contributed by atoms with Crippen molar-refractivity contribution in [2.45, 2.75) is 13.0 Å². The number of anilines is 1. The Bertz CT molecular complexity index is 798. The smallest absolute Gasteiger partial charge is 0.255 e. The van der Waals surface area contributed by atoms with Gasteiger partial charge in [0, 0.05) is 50.4 Å². The lowest BCUT2D eigenvalue weighted by Gasteiger charge is -2.32. The quantitative estimate of drug-likeness (QED) is 0.920. The van der Waals surface area contributed by atoms with Crippen molar-refractivity contribution in [1.82, 2.24) is 9.80 Å². The van der Waals surface area contributed by atoms with Crippen LogP contribution in [0.2, 0.25) is 0 Å². The van der Waals surface area contributed by atoms with E-state index in [2.05, 4.69) is 34.3 Å². The zero-order valence-electron chi connectivity index (χ0n) is 15.2. The second kappa shape index (κ2) is 7.48. The lowest BCUT2D eigenvalue weighted by atomic mass is 10.1. The molecule has 1 amide bonds. The molecule has 0 aliphatic carbocycles. The second-order valence-corrected chi connectivity index (χ2v) is 7.15. The molecule has 0 unspecified atom stereocenters. The summed E-state index contributed by atoms with van der Waals surface area (Å²) in [7, 11) is 2.17. The molecule has 2 heterocycles. The van der Waals surface area contributed by atoms with Crippen LogP contribution in [-0.4, -0.2) is 55.5 Å². The van der Waals surface area contributed by atoms with E-state index in [-0.39, 0.29) is 5.91 Å². The topological polar surface area (TPSA) is 44.8 Å². The van der Waals surface area contributed by atoms with Crippen molar-refractivity contribution in [3.8, 4) is 5.75 Å². The molecule has 5 nitrogen and oxygen atoms in total. The first-order chi connectivity index (χ1) is 12.7. The highest BCUT2D eigenvalue weighted by atomic mass is 16.5. The SMILES string of the molecule is CN1CCN(Cc2cccc(NC(=O)c3ccc4c(c3)CCO4)c2)CC1. The third kappa shape index (κ3) is 3.89. The zero-order valence-corrected chi connectivity index (χ0v) is 15.2. The fraction of sp³-hybridized carbons (Fsp3) is 0.381. The highest BCUT2D eigenvalue weighted by Gasteiger charge is 2.16. The van der Waals surface area contributed by atoms with Crippen LogP contribution in [0.15, 0.2) is 42.5 Å². The molecular weight excluding hydrogens is 326 g/mol. The van der Waals surface area contributed by atoms with Gasteiger partial charge in [0.05, 0.1) is 6.61 Å². The molecule has 0 bridgehead atoms. The largest absolute Gasteiger partial charge is 0.493 e. The molecule has 0 radical (unpaired) electrons. The summed E-state index contributed by atoms with van der Waals surface area (Å²) in [5.74, 6) is 0.826. The molecule has 0 atom stereocenters. The fourth-order valence-corrected chi connectivity index (χ4v) is 3.54. The van der Waals surface area contributed by atoms with Gasteiger partial charge in [0.2, 0.25) is 0 Å². The third-order valence-corrected chi connectivity index (χ3v) is 5.14. The van der Waals surface area contributed by atoms with E-state index in [0.717, 1.165) is 56.1 Å². The molecule has 0 spiro atoms. The number of fused-ring (bicyclic) bond motifs is 1. The van der Waals surface area contributed by atoms with E-state index in [1.807, 2.05) is 30.3 Å². The van der Waals surface area contributed by atoms with Crippen LogP contribution in [0.4, 0.5) is 5.69 Å². The molecule has 2 aliphatic rings. The number of hydrogen-bond acceptors (Lipinski definition) is 4. The summed E-state index contributed by atoms with van der Waals surface area (Å²) in [5, 5.41) is 3.03. The van der Waals surface area contributed by atoms with E-state index in [4.69, 9.17) is 4.74 Å². The zero-order chi connectivity index (χ0) is 17.9. The summed E-state index contributed by atoms with van der Waals surface area (Å²) in [6.07, 6.45) is 0.872. The van der Waals surface area contributed by atoms with Crippen molar-refractivity contribution >= 4 is 11.6 Å². The first-order valence-corrected chi connectivity index (χ1v) is 9.24. The molecular formula is C21H25N3O2. The summed E-state index contributed by atoms with van der Waals surface area (Å²) >= 11 is 0. The van der Waals surface area contributed by atoms with Gasteiger partial charge in [-0.3, -0.25) is 9.69 Å². The van der Waals surface area contributed by atoms with Crippen molar-refractivity contribution in [3.05, 3.63) is 59.2 Å². The van der Waals surface area contributed by atoms with Crippen LogP contribution < -0.4 is 10.1 Å². The van der Waals surface area contributed by atoms with Gasteiger partial charge in [0.1, 0.15) is 5.75 Å². The van der Waals surface area contributed by atoms with Crippen molar-refractivity contribution in [2.75, 3.05) is 45.2 Å². The van der Waals surface area contributed by atoms with Crippen LogP contribution in [0, 0.1) is 0 Å². The average molecular weight is 351 g/mol. The average Bonchev–Trinajstić information content (AvgIpc) is 3.12. The maximum Gasteiger partial charge on any atom is 0.255 e. The number of piperazine rings is 1. The number of ether oxygens (including phenoxy) is 1. The summed E-state index contributed by atoms with van der Waals surface area (Å²) in [6.45, 7) is 6.02. The molecule has 0 aromatic heterocycles. The molecule has 1 N–H and O–H groups in total. The number of rotatable bonds is 4. The van der Waals surface area contributed by atoms with Gasteiger partial charge in [-0.05, 0) is 48.5 Å². The van der Waals surface area contributed by atoms with Gasteiger partial charge in [-0.2, -0.15) is 0 Å². The van der Waals surface area contributed by atoms with E-state index in [9.17, 15) is 4.79 Å². The van der Waals surface area contributed by atoms with Crippen molar-refractivity contribution in [2.24, 2.45) is 0 Å². The molecule has 5 heteroatoms. The van der Waals surface area contributed by atoms with Gasteiger partial charge in [0.25, 0.3) is 5.91 Å². The fourth-order valence-electron chi connectivity index (χ4n) is 3.54. The van der Waals surface area contributed by atoms with E-state index in [0.29, 0.717) is 12.2 Å². The summed E-state index contributed by atoms with van der Waals surface area (Å²) in [6, 6.07) is 13.8. The highest BCUT2D eigenvalue weighted by molar-refractivity contribution is 6.04. The number of likely N-dealkylation sites (N-methyl/N-ethyl adjacent to an activating group) is 1. The van der Waals surface area contributed by atoms with Crippen molar-refractivity contribution in [1.29, 1.82) is 0 Å². The predicted octanol–water partition coefficient (Wildman–Crippen LogP) is 2.62. The Kier molecular flexibility index (Phi) is 4.91. The molecule has 136 valence electrons. The Morgan fingerprint density at radius 2 is 1.96 bits per heavy atom. The summed E-state index contributed by atoms with van der Waals surface area (Å²) in [4.78, 5) is 17.4. The van der Waals surface area contributed by atoms with Gasteiger partial charge in [-0.25, -0.2) is 0 Å². The Labute approximate surface area is 154 Å². The molecule has 26 heavy (non-hydrogen) atoms. The minimum Gasteiger partial charge on any atom is -0.493 e. The molecule has 2 aromatic carbocycles. The minimum atomic E-state index is -0.0727. The van der Waals surface area contributed by atoms with Gasteiger partial charge >= 0.3 is 0 Å². The summed E-state index contributed by atoms with van der Waals surface area (Å²) < 4.78 is 5.51. The van der Waals surface area contributed by atoms with Gasteiger partial charge in [-0.15, -0.1) is 0 Å². The molecule has 0 saturated carbocycles. The predicted molar refractivity (Wildman–Crippen MR) is 103 cm³/mol.